The van der Waals surface area contributed by atoms with Gasteiger partial charge in [-0.05, 0) is 38.1 Å². The normalized spacial score (nSPS) is 29.2. The summed E-state index contributed by atoms with van der Waals surface area (Å²) in [5.41, 5.74) is 0.439. The average molecular weight is 268 g/mol. The van der Waals surface area contributed by atoms with Crippen LogP contribution < -0.4 is 5.32 Å². The van der Waals surface area contributed by atoms with Crippen molar-refractivity contribution >= 4 is 0 Å². The van der Waals surface area contributed by atoms with Gasteiger partial charge in [0.25, 0.3) is 0 Å². The van der Waals surface area contributed by atoms with Crippen molar-refractivity contribution in [2.75, 3.05) is 33.3 Å². The van der Waals surface area contributed by atoms with Crippen LogP contribution in [0.2, 0.25) is 0 Å². The molecule has 0 aromatic rings. The van der Waals surface area contributed by atoms with Gasteiger partial charge in [-0.25, -0.2) is 0 Å². The summed E-state index contributed by atoms with van der Waals surface area (Å²) in [4.78, 5) is 2.75. The molecular formula is C16H32N2O. The van der Waals surface area contributed by atoms with E-state index in [1.54, 1.807) is 0 Å². The number of nitrogens with zero attached hydrogens (tertiary/aromatic N) is 1. The molecule has 2 aliphatic rings. The highest BCUT2D eigenvalue weighted by molar-refractivity contribution is 4.91. The number of rotatable bonds is 6. The number of fused-ring (bicyclic) bond motifs is 1. The summed E-state index contributed by atoms with van der Waals surface area (Å²) in [5.74, 6) is 0. The fourth-order valence-corrected chi connectivity index (χ4v) is 3.96. The maximum Gasteiger partial charge on any atom is 0.0730 e. The van der Waals surface area contributed by atoms with Gasteiger partial charge in [-0.15, -0.1) is 0 Å². The second-order valence-electron chi connectivity index (χ2n) is 6.47. The monoisotopic (exact) mass is 268 g/mol. The summed E-state index contributed by atoms with van der Waals surface area (Å²) in [6.45, 7) is 9.14. The molecule has 0 spiro atoms. The fourth-order valence-electron chi connectivity index (χ4n) is 3.96. The van der Waals surface area contributed by atoms with Crippen molar-refractivity contribution in [3.8, 4) is 0 Å². The molecule has 2 unspecified atom stereocenters. The predicted molar refractivity (Wildman–Crippen MR) is 80.5 cm³/mol. The van der Waals surface area contributed by atoms with E-state index in [-0.39, 0.29) is 0 Å². The van der Waals surface area contributed by atoms with Crippen molar-refractivity contribution in [1.29, 1.82) is 0 Å². The van der Waals surface area contributed by atoms with E-state index in [1.807, 2.05) is 0 Å². The Bertz CT molecular complexity index is 263. The Labute approximate surface area is 119 Å². The molecule has 0 aromatic heterocycles. The van der Waals surface area contributed by atoms with Crippen LogP contribution in [0.25, 0.3) is 0 Å². The zero-order valence-electron chi connectivity index (χ0n) is 13.1. The number of morpholine rings is 1. The molecule has 1 saturated carbocycles. The highest BCUT2D eigenvalue weighted by Crippen LogP contribution is 2.33. The lowest BCUT2D eigenvalue weighted by Crippen LogP contribution is -2.56. The van der Waals surface area contributed by atoms with Crippen molar-refractivity contribution in [1.82, 2.24) is 10.2 Å². The molecule has 1 N–H and O–H groups in total. The average Bonchev–Trinajstić information content (AvgIpc) is 2.47. The highest BCUT2D eigenvalue weighted by atomic mass is 16.5. The summed E-state index contributed by atoms with van der Waals surface area (Å²) in [7, 11) is 2.09. The second kappa shape index (κ2) is 7.05. The maximum atomic E-state index is 6.00. The Kier molecular flexibility index (Phi) is 5.67. The van der Waals surface area contributed by atoms with Gasteiger partial charge < -0.3 is 10.1 Å². The maximum absolute atomic E-state index is 6.00. The third-order valence-corrected chi connectivity index (χ3v) is 5.44. The molecule has 0 aromatic carbocycles. The summed E-state index contributed by atoms with van der Waals surface area (Å²) in [5, 5.41) is 3.41. The largest absolute Gasteiger partial charge is 0.375 e. The van der Waals surface area contributed by atoms with Crippen LogP contribution in [-0.2, 0) is 4.74 Å². The van der Waals surface area contributed by atoms with E-state index >= 15 is 0 Å². The Morgan fingerprint density at radius 2 is 1.95 bits per heavy atom. The van der Waals surface area contributed by atoms with Crippen LogP contribution in [0.4, 0.5) is 0 Å². The van der Waals surface area contributed by atoms with E-state index in [4.69, 9.17) is 4.74 Å². The summed E-state index contributed by atoms with van der Waals surface area (Å²) in [6.07, 6.45) is 8.41. The summed E-state index contributed by atoms with van der Waals surface area (Å²) in [6, 6.07) is 0.692. The molecule has 0 amide bonds. The van der Waals surface area contributed by atoms with Crippen molar-refractivity contribution < 1.29 is 4.74 Å². The highest BCUT2D eigenvalue weighted by Gasteiger charge is 2.38. The topological polar surface area (TPSA) is 24.5 Å². The molecule has 1 saturated heterocycles. The molecule has 112 valence electrons. The van der Waals surface area contributed by atoms with Gasteiger partial charge in [0.15, 0.2) is 0 Å². The fraction of sp³-hybridized carbons (Fsp3) is 1.00. The SMILES string of the molecule is CCC(CC)(CNC)CN1CCOC2CCCCC21. The Hall–Kier alpha value is -0.120. The Morgan fingerprint density at radius 3 is 2.63 bits per heavy atom. The molecule has 2 fully saturated rings. The van der Waals surface area contributed by atoms with Crippen LogP contribution in [0.1, 0.15) is 52.4 Å². The van der Waals surface area contributed by atoms with Crippen LogP contribution in [0.5, 0.6) is 0 Å². The molecule has 2 rings (SSSR count). The van der Waals surface area contributed by atoms with Gasteiger partial charge in [0.2, 0.25) is 0 Å². The van der Waals surface area contributed by atoms with Crippen molar-refractivity contribution in [2.45, 2.75) is 64.5 Å². The smallest absolute Gasteiger partial charge is 0.0730 e. The first-order valence-electron chi connectivity index (χ1n) is 8.25. The second-order valence-corrected chi connectivity index (χ2v) is 6.47. The van der Waals surface area contributed by atoms with Gasteiger partial charge in [-0.2, -0.15) is 0 Å². The molecule has 2 atom stereocenters. The van der Waals surface area contributed by atoms with Gasteiger partial charge in [0.1, 0.15) is 0 Å². The van der Waals surface area contributed by atoms with Crippen LogP contribution in [-0.4, -0.2) is 50.3 Å². The van der Waals surface area contributed by atoms with Gasteiger partial charge in [0.05, 0.1) is 12.7 Å². The third-order valence-electron chi connectivity index (χ3n) is 5.44. The van der Waals surface area contributed by atoms with Gasteiger partial charge in [0, 0.05) is 25.7 Å². The van der Waals surface area contributed by atoms with Crippen LogP contribution in [0.15, 0.2) is 0 Å². The van der Waals surface area contributed by atoms with Crippen molar-refractivity contribution in [3.63, 3.8) is 0 Å². The summed E-state index contributed by atoms with van der Waals surface area (Å²) < 4.78 is 6.00. The minimum absolute atomic E-state index is 0.439. The standard InChI is InChI=1S/C16H32N2O/c1-4-16(5-2,12-17-3)13-18-10-11-19-15-9-7-6-8-14(15)18/h14-15,17H,4-13H2,1-3H3. The molecule has 1 aliphatic carbocycles. The van der Waals surface area contributed by atoms with Crippen molar-refractivity contribution in [3.05, 3.63) is 0 Å². The van der Waals surface area contributed by atoms with Crippen LogP contribution in [0, 0.1) is 5.41 Å². The molecule has 19 heavy (non-hydrogen) atoms. The third kappa shape index (κ3) is 3.50. The minimum Gasteiger partial charge on any atom is -0.375 e. The van der Waals surface area contributed by atoms with Gasteiger partial charge >= 0.3 is 0 Å². The van der Waals surface area contributed by atoms with E-state index in [9.17, 15) is 0 Å². The van der Waals surface area contributed by atoms with Crippen LogP contribution >= 0.6 is 0 Å². The lowest BCUT2D eigenvalue weighted by molar-refractivity contribution is -0.0994. The zero-order valence-corrected chi connectivity index (χ0v) is 13.1. The van der Waals surface area contributed by atoms with E-state index in [0.717, 1.165) is 19.7 Å². The first-order chi connectivity index (χ1) is 9.24. The molecular weight excluding hydrogens is 236 g/mol. The van der Waals surface area contributed by atoms with Gasteiger partial charge in [-0.3, -0.25) is 4.90 Å². The van der Waals surface area contributed by atoms with Crippen molar-refractivity contribution in [2.24, 2.45) is 5.41 Å². The number of hydrogen-bond donors (Lipinski definition) is 1. The first kappa shape index (κ1) is 15.3. The predicted octanol–water partition coefficient (Wildman–Crippen LogP) is 2.66. The quantitative estimate of drug-likeness (QED) is 0.801. The van der Waals surface area contributed by atoms with Crippen LogP contribution in [0.3, 0.4) is 0 Å². The number of nitrogens with one attached hydrogen (secondary N) is 1. The molecule has 1 heterocycles. The molecule has 3 heteroatoms. The summed E-state index contributed by atoms with van der Waals surface area (Å²) >= 11 is 0. The lowest BCUT2D eigenvalue weighted by atomic mass is 9.80. The first-order valence-corrected chi connectivity index (χ1v) is 8.25. The number of ether oxygens (including phenoxy) is 1. The molecule has 0 radical (unpaired) electrons. The molecule has 1 aliphatic heterocycles. The minimum atomic E-state index is 0.439. The molecule has 0 bridgehead atoms. The zero-order chi connectivity index (χ0) is 13.7. The lowest BCUT2D eigenvalue weighted by Gasteiger charge is -2.47. The van der Waals surface area contributed by atoms with E-state index in [1.165, 1.54) is 45.1 Å². The molecule has 3 nitrogen and oxygen atoms in total. The van der Waals surface area contributed by atoms with E-state index in [2.05, 4.69) is 31.1 Å². The van der Waals surface area contributed by atoms with Gasteiger partial charge in [-0.1, -0.05) is 26.7 Å². The number of hydrogen-bond acceptors (Lipinski definition) is 3. The van der Waals surface area contributed by atoms with E-state index < -0.39 is 0 Å². The Morgan fingerprint density at radius 1 is 1.21 bits per heavy atom. The van der Waals surface area contributed by atoms with E-state index in [0.29, 0.717) is 17.6 Å². The Balaban J connectivity index is 2.02.